The van der Waals surface area contributed by atoms with Crippen LogP contribution in [0.2, 0.25) is 0 Å². The van der Waals surface area contributed by atoms with Gasteiger partial charge < -0.3 is 10.1 Å². The molecular weight excluding hydrogens is 202 g/mol. The molecule has 96 valence electrons. The molecule has 0 aromatic carbocycles. The Labute approximate surface area is 99.9 Å². The predicted octanol–water partition coefficient (Wildman–Crippen LogP) is 0.248. The van der Waals surface area contributed by atoms with E-state index in [0.717, 1.165) is 32.7 Å². The van der Waals surface area contributed by atoms with Gasteiger partial charge in [0.1, 0.15) is 0 Å². The maximum absolute atomic E-state index is 5.24. The van der Waals surface area contributed by atoms with Crippen molar-refractivity contribution in [3.05, 3.63) is 0 Å². The second-order valence-corrected chi connectivity index (χ2v) is 4.59. The molecule has 0 aliphatic carbocycles. The van der Waals surface area contributed by atoms with Gasteiger partial charge in [0.05, 0.1) is 6.61 Å². The Hall–Kier alpha value is -0.160. The fourth-order valence-corrected chi connectivity index (χ4v) is 2.17. The van der Waals surface area contributed by atoms with Crippen LogP contribution in [0.4, 0.5) is 0 Å². The van der Waals surface area contributed by atoms with E-state index in [1.807, 2.05) is 0 Å². The van der Waals surface area contributed by atoms with Gasteiger partial charge in [-0.25, -0.2) is 0 Å². The van der Waals surface area contributed by atoms with Crippen LogP contribution in [-0.2, 0) is 4.74 Å². The Morgan fingerprint density at radius 2 is 2.06 bits per heavy atom. The summed E-state index contributed by atoms with van der Waals surface area (Å²) < 4.78 is 5.24. The molecule has 16 heavy (non-hydrogen) atoms. The molecule has 1 saturated heterocycles. The first-order valence-corrected chi connectivity index (χ1v) is 6.40. The quantitative estimate of drug-likeness (QED) is 0.677. The molecule has 1 aliphatic heterocycles. The Kier molecular flexibility index (Phi) is 6.96. The standard InChI is InChI=1S/C12H27N3O/c1-4-12(11-16-3)14(2)9-10-15-7-5-13-6-8-15/h12-13H,4-11H2,1-3H3. The van der Waals surface area contributed by atoms with Gasteiger partial charge in [-0.15, -0.1) is 0 Å². The number of piperazine rings is 1. The summed E-state index contributed by atoms with van der Waals surface area (Å²) in [7, 11) is 3.99. The largest absolute Gasteiger partial charge is 0.383 e. The zero-order chi connectivity index (χ0) is 11.8. The number of nitrogens with zero attached hydrogens (tertiary/aromatic N) is 2. The molecule has 1 rings (SSSR count). The summed E-state index contributed by atoms with van der Waals surface area (Å²) in [4.78, 5) is 4.96. The molecule has 1 N–H and O–H groups in total. The van der Waals surface area contributed by atoms with Crippen molar-refractivity contribution in [3.63, 3.8) is 0 Å². The monoisotopic (exact) mass is 229 g/mol. The lowest BCUT2D eigenvalue weighted by Crippen LogP contribution is -2.47. The lowest BCUT2D eigenvalue weighted by Gasteiger charge is -2.31. The van der Waals surface area contributed by atoms with Crippen molar-refractivity contribution < 1.29 is 4.74 Å². The highest BCUT2D eigenvalue weighted by molar-refractivity contribution is 4.71. The first-order valence-electron chi connectivity index (χ1n) is 6.40. The summed E-state index contributed by atoms with van der Waals surface area (Å²) in [6.45, 7) is 10.0. The number of rotatable bonds is 7. The molecule has 0 spiro atoms. The van der Waals surface area contributed by atoms with Crippen molar-refractivity contribution in [3.8, 4) is 0 Å². The summed E-state index contributed by atoms with van der Waals surface area (Å²) in [6.07, 6.45) is 1.16. The first kappa shape index (κ1) is 13.9. The van der Waals surface area contributed by atoms with Gasteiger partial charge in [0.15, 0.2) is 0 Å². The smallest absolute Gasteiger partial charge is 0.0617 e. The molecule has 0 amide bonds. The van der Waals surface area contributed by atoms with E-state index in [4.69, 9.17) is 4.74 Å². The van der Waals surface area contributed by atoms with E-state index < -0.39 is 0 Å². The zero-order valence-electron chi connectivity index (χ0n) is 11.0. The third-order valence-electron chi connectivity index (χ3n) is 3.43. The minimum absolute atomic E-state index is 0.563. The summed E-state index contributed by atoms with van der Waals surface area (Å²) in [5, 5.41) is 3.38. The molecule has 4 nitrogen and oxygen atoms in total. The van der Waals surface area contributed by atoms with Gasteiger partial charge >= 0.3 is 0 Å². The fourth-order valence-electron chi connectivity index (χ4n) is 2.17. The van der Waals surface area contributed by atoms with Gasteiger partial charge in [0, 0.05) is 52.4 Å². The van der Waals surface area contributed by atoms with Crippen LogP contribution in [-0.4, -0.2) is 75.9 Å². The van der Waals surface area contributed by atoms with Crippen molar-refractivity contribution in [1.29, 1.82) is 0 Å². The van der Waals surface area contributed by atoms with E-state index >= 15 is 0 Å². The topological polar surface area (TPSA) is 27.7 Å². The van der Waals surface area contributed by atoms with E-state index in [1.54, 1.807) is 7.11 Å². The average Bonchev–Trinajstić information content (AvgIpc) is 2.34. The highest BCUT2D eigenvalue weighted by Gasteiger charge is 2.14. The van der Waals surface area contributed by atoms with Gasteiger partial charge in [-0.05, 0) is 13.5 Å². The number of ether oxygens (including phenoxy) is 1. The van der Waals surface area contributed by atoms with E-state index in [0.29, 0.717) is 6.04 Å². The SMILES string of the molecule is CCC(COC)N(C)CCN1CCNCC1. The first-order chi connectivity index (χ1) is 7.77. The molecule has 4 heteroatoms. The second-order valence-electron chi connectivity index (χ2n) is 4.59. The van der Waals surface area contributed by atoms with Gasteiger partial charge in [-0.1, -0.05) is 6.92 Å². The number of methoxy groups -OCH3 is 1. The molecular formula is C12H27N3O. The number of nitrogens with one attached hydrogen (secondary N) is 1. The summed E-state index contributed by atoms with van der Waals surface area (Å²) in [6, 6.07) is 0.563. The number of hydrogen-bond acceptors (Lipinski definition) is 4. The van der Waals surface area contributed by atoms with Crippen LogP contribution in [0.1, 0.15) is 13.3 Å². The van der Waals surface area contributed by atoms with Crippen molar-refractivity contribution in [2.75, 3.05) is 60.0 Å². The van der Waals surface area contributed by atoms with Crippen LogP contribution in [0.5, 0.6) is 0 Å². The second kappa shape index (κ2) is 8.01. The van der Waals surface area contributed by atoms with Crippen LogP contribution in [0.3, 0.4) is 0 Å². The van der Waals surface area contributed by atoms with E-state index in [2.05, 4.69) is 29.1 Å². The Morgan fingerprint density at radius 3 is 2.62 bits per heavy atom. The third-order valence-corrected chi connectivity index (χ3v) is 3.43. The Balaban J connectivity index is 2.18. The molecule has 1 aliphatic rings. The van der Waals surface area contributed by atoms with Crippen LogP contribution in [0.25, 0.3) is 0 Å². The van der Waals surface area contributed by atoms with Crippen LogP contribution in [0.15, 0.2) is 0 Å². The lowest BCUT2D eigenvalue weighted by atomic mass is 10.2. The van der Waals surface area contributed by atoms with Crippen LogP contribution < -0.4 is 5.32 Å². The maximum Gasteiger partial charge on any atom is 0.0617 e. The molecule has 1 fully saturated rings. The molecule has 0 aromatic heterocycles. The van der Waals surface area contributed by atoms with E-state index in [9.17, 15) is 0 Å². The Morgan fingerprint density at radius 1 is 1.38 bits per heavy atom. The maximum atomic E-state index is 5.24. The van der Waals surface area contributed by atoms with Crippen molar-refractivity contribution in [2.45, 2.75) is 19.4 Å². The molecule has 0 aromatic rings. The third kappa shape index (κ3) is 4.78. The number of likely N-dealkylation sites (N-methyl/N-ethyl adjacent to an activating group) is 1. The molecule has 1 atom stereocenters. The predicted molar refractivity (Wildman–Crippen MR) is 67.9 cm³/mol. The minimum Gasteiger partial charge on any atom is -0.383 e. The molecule has 0 bridgehead atoms. The summed E-state index contributed by atoms with van der Waals surface area (Å²) in [5.41, 5.74) is 0. The molecule has 1 unspecified atom stereocenters. The van der Waals surface area contributed by atoms with E-state index in [-0.39, 0.29) is 0 Å². The van der Waals surface area contributed by atoms with Crippen LogP contribution >= 0.6 is 0 Å². The van der Waals surface area contributed by atoms with Gasteiger partial charge in [-0.2, -0.15) is 0 Å². The number of hydrogen-bond donors (Lipinski definition) is 1. The Bertz CT molecular complexity index is 172. The minimum atomic E-state index is 0.563. The van der Waals surface area contributed by atoms with E-state index in [1.165, 1.54) is 19.6 Å². The zero-order valence-corrected chi connectivity index (χ0v) is 11.0. The fraction of sp³-hybridized carbons (Fsp3) is 1.00. The van der Waals surface area contributed by atoms with Crippen molar-refractivity contribution >= 4 is 0 Å². The molecule has 0 saturated carbocycles. The summed E-state index contributed by atoms with van der Waals surface area (Å²) >= 11 is 0. The normalized spacial score (nSPS) is 20.2. The average molecular weight is 229 g/mol. The highest BCUT2D eigenvalue weighted by Crippen LogP contribution is 2.02. The van der Waals surface area contributed by atoms with Gasteiger partial charge in [0.2, 0.25) is 0 Å². The summed E-state index contributed by atoms with van der Waals surface area (Å²) in [5.74, 6) is 0. The van der Waals surface area contributed by atoms with Gasteiger partial charge in [-0.3, -0.25) is 9.80 Å². The molecule has 0 radical (unpaired) electrons. The van der Waals surface area contributed by atoms with Crippen molar-refractivity contribution in [1.82, 2.24) is 15.1 Å². The van der Waals surface area contributed by atoms with Crippen LogP contribution in [0, 0.1) is 0 Å². The molecule has 1 heterocycles. The lowest BCUT2D eigenvalue weighted by molar-refractivity contribution is 0.0939. The van der Waals surface area contributed by atoms with Crippen molar-refractivity contribution in [2.24, 2.45) is 0 Å². The highest BCUT2D eigenvalue weighted by atomic mass is 16.5. The van der Waals surface area contributed by atoms with Gasteiger partial charge in [0.25, 0.3) is 0 Å².